The van der Waals surface area contributed by atoms with Crippen LogP contribution in [0.25, 0.3) is 0 Å². The topological polar surface area (TPSA) is 62.3 Å². The first-order chi connectivity index (χ1) is 11.1. The van der Waals surface area contributed by atoms with Crippen molar-refractivity contribution in [3.63, 3.8) is 0 Å². The second-order valence-corrected chi connectivity index (χ2v) is 5.77. The van der Waals surface area contributed by atoms with Crippen molar-refractivity contribution < 1.29 is 9.59 Å². The van der Waals surface area contributed by atoms with Gasteiger partial charge in [-0.25, -0.2) is 0 Å². The largest absolute Gasteiger partial charge is 0.339 e. The van der Waals surface area contributed by atoms with E-state index in [1.54, 1.807) is 35.2 Å². The van der Waals surface area contributed by atoms with Crippen molar-refractivity contribution in [1.29, 1.82) is 0 Å². The minimum atomic E-state index is -0.394. The van der Waals surface area contributed by atoms with Crippen LogP contribution in [0.5, 0.6) is 0 Å². The number of hydrogen-bond acceptors (Lipinski definition) is 3. The Morgan fingerprint density at radius 1 is 1.13 bits per heavy atom. The number of benzene rings is 1. The molecule has 23 heavy (non-hydrogen) atoms. The summed E-state index contributed by atoms with van der Waals surface area (Å²) in [6.45, 7) is 1.53. The van der Waals surface area contributed by atoms with Gasteiger partial charge in [-0.05, 0) is 37.1 Å². The van der Waals surface area contributed by atoms with Crippen molar-refractivity contribution in [3.05, 3.63) is 58.9 Å². The molecule has 1 aromatic carbocycles. The molecule has 2 heterocycles. The van der Waals surface area contributed by atoms with E-state index in [2.05, 4.69) is 10.3 Å². The summed E-state index contributed by atoms with van der Waals surface area (Å²) in [7, 11) is 0. The van der Waals surface area contributed by atoms with Gasteiger partial charge in [-0.2, -0.15) is 0 Å². The molecule has 2 amide bonds. The van der Waals surface area contributed by atoms with E-state index >= 15 is 0 Å². The molecule has 0 bridgehead atoms. The molecule has 1 fully saturated rings. The molecule has 0 spiro atoms. The van der Waals surface area contributed by atoms with Crippen molar-refractivity contribution in [3.8, 4) is 0 Å². The molecule has 1 aromatic heterocycles. The van der Waals surface area contributed by atoms with Crippen LogP contribution in [-0.2, 0) is 0 Å². The van der Waals surface area contributed by atoms with Gasteiger partial charge in [-0.15, -0.1) is 0 Å². The molecule has 0 saturated carbocycles. The molecule has 5 nitrogen and oxygen atoms in total. The lowest BCUT2D eigenvalue weighted by molar-refractivity contribution is 0.0792. The Morgan fingerprint density at radius 2 is 1.87 bits per heavy atom. The van der Waals surface area contributed by atoms with Gasteiger partial charge in [-0.3, -0.25) is 14.6 Å². The summed E-state index contributed by atoms with van der Waals surface area (Å²) in [6.07, 6.45) is 3.53. The van der Waals surface area contributed by atoms with Crippen LogP contribution in [0.15, 0.2) is 42.6 Å². The Hall–Kier alpha value is -2.40. The van der Waals surface area contributed by atoms with Gasteiger partial charge in [0.05, 0.1) is 10.7 Å². The maximum Gasteiger partial charge on any atom is 0.274 e. The fourth-order valence-corrected chi connectivity index (χ4v) is 2.72. The van der Waals surface area contributed by atoms with Crippen LogP contribution in [0.3, 0.4) is 0 Å². The molecule has 0 atom stereocenters. The smallest absolute Gasteiger partial charge is 0.274 e. The summed E-state index contributed by atoms with van der Waals surface area (Å²) in [6, 6.07) is 10.1. The van der Waals surface area contributed by atoms with Crippen molar-refractivity contribution in [2.75, 3.05) is 18.4 Å². The summed E-state index contributed by atoms with van der Waals surface area (Å²) >= 11 is 6.03. The Kier molecular flexibility index (Phi) is 4.57. The van der Waals surface area contributed by atoms with Crippen LogP contribution in [-0.4, -0.2) is 34.8 Å². The molecule has 0 aliphatic carbocycles. The fourth-order valence-electron chi connectivity index (χ4n) is 2.54. The highest BCUT2D eigenvalue weighted by molar-refractivity contribution is 6.33. The van der Waals surface area contributed by atoms with Gasteiger partial charge in [-0.1, -0.05) is 23.7 Å². The van der Waals surface area contributed by atoms with Gasteiger partial charge in [0.1, 0.15) is 5.69 Å². The molecule has 6 heteroatoms. The first-order valence-corrected chi connectivity index (χ1v) is 7.84. The average molecular weight is 330 g/mol. The molecule has 1 N–H and O–H groups in total. The van der Waals surface area contributed by atoms with Crippen LogP contribution < -0.4 is 5.32 Å². The van der Waals surface area contributed by atoms with Gasteiger partial charge in [0.15, 0.2) is 0 Å². The van der Waals surface area contributed by atoms with Gasteiger partial charge in [0.25, 0.3) is 11.8 Å². The second kappa shape index (κ2) is 6.79. The molecule has 0 unspecified atom stereocenters. The third kappa shape index (κ3) is 3.51. The molecule has 1 saturated heterocycles. The van der Waals surface area contributed by atoms with E-state index in [1.165, 1.54) is 12.3 Å². The molecule has 1 aliphatic heterocycles. The average Bonchev–Trinajstić information content (AvgIpc) is 3.11. The van der Waals surface area contributed by atoms with E-state index in [1.807, 2.05) is 0 Å². The van der Waals surface area contributed by atoms with Crippen molar-refractivity contribution in [2.24, 2.45) is 0 Å². The van der Waals surface area contributed by atoms with Gasteiger partial charge >= 0.3 is 0 Å². The number of amides is 2. The Balaban J connectivity index is 1.77. The van der Waals surface area contributed by atoms with Crippen molar-refractivity contribution in [2.45, 2.75) is 12.8 Å². The Morgan fingerprint density at radius 3 is 2.61 bits per heavy atom. The molecular formula is C17H16ClN3O2. The van der Waals surface area contributed by atoms with Crippen LogP contribution in [0.2, 0.25) is 5.02 Å². The quantitative estimate of drug-likeness (QED) is 0.940. The standard InChI is InChI=1S/C17H16ClN3O2/c18-13-5-1-2-6-14(13)20-16(22)15-11-12(7-8-19-15)17(23)21-9-3-4-10-21/h1-2,5-8,11H,3-4,9-10H2,(H,20,22). The number of anilines is 1. The number of carbonyl (C=O) groups is 2. The van der Waals surface area contributed by atoms with Crippen LogP contribution >= 0.6 is 11.6 Å². The summed E-state index contributed by atoms with van der Waals surface area (Å²) in [4.78, 5) is 30.5. The Bertz CT molecular complexity index is 742. The normalized spacial score (nSPS) is 13.9. The number of rotatable bonds is 3. The number of hydrogen-bond donors (Lipinski definition) is 1. The van der Waals surface area contributed by atoms with E-state index in [9.17, 15) is 9.59 Å². The maximum atomic E-state index is 12.4. The Labute approximate surface area is 139 Å². The predicted octanol–water partition coefficient (Wildman–Crippen LogP) is 3.22. The third-order valence-electron chi connectivity index (χ3n) is 3.75. The summed E-state index contributed by atoms with van der Waals surface area (Å²) in [5, 5.41) is 3.15. The first-order valence-electron chi connectivity index (χ1n) is 7.46. The minimum absolute atomic E-state index is 0.0586. The van der Waals surface area contributed by atoms with Gasteiger partial charge in [0.2, 0.25) is 0 Å². The van der Waals surface area contributed by atoms with Crippen molar-refractivity contribution >= 4 is 29.1 Å². The van der Waals surface area contributed by atoms with E-state index < -0.39 is 5.91 Å². The molecule has 3 rings (SSSR count). The second-order valence-electron chi connectivity index (χ2n) is 5.36. The summed E-state index contributed by atoms with van der Waals surface area (Å²) < 4.78 is 0. The molecule has 2 aromatic rings. The zero-order valence-corrected chi connectivity index (χ0v) is 13.2. The molecule has 1 aliphatic rings. The molecule has 0 radical (unpaired) electrons. The number of likely N-dealkylation sites (tertiary alicyclic amines) is 1. The number of nitrogens with one attached hydrogen (secondary N) is 1. The number of aromatic nitrogens is 1. The van der Waals surface area contributed by atoms with E-state index in [4.69, 9.17) is 11.6 Å². The van der Waals surface area contributed by atoms with Gasteiger partial charge < -0.3 is 10.2 Å². The minimum Gasteiger partial charge on any atom is -0.339 e. The maximum absolute atomic E-state index is 12.4. The highest BCUT2D eigenvalue weighted by Crippen LogP contribution is 2.21. The highest BCUT2D eigenvalue weighted by atomic mass is 35.5. The first kappa shape index (κ1) is 15.5. The summed E-state index contributed by atoms with van der Waals surface area (Å²) in [5.74, 6) is -0.453. The summed E-state index contributed by atoms with van der Waals surface area (Å²) in [5.41, 5.74) is 1.18. The zero-order chi connectivity index (χ0) is 16.2. The van der Waals surface area contributed by atoms with E-state index in [0.717, 1.165) is 25.9 Å². The van der Waals surface area contributed by atoms with Crippen LogP contribution in [0.1, 0.15) is 33.7 Å². The third-order valence-corrected chi connectivity index (χ3v) is 4.08. The lowest BCUT2D eigenvalue weighted by Crippen LogP contribution is -2.28. The molecular weight excluding hydrogens is 314 g/mol. The van der Waals surface area contributed by atoms with Gasteiger partial charge in [0, 0.05) is 24.8 Å². The fraction of sp³-hybridized carbons (Fsp3) is 0.235. The lowest BCUT2D eigenvalue weighted by atomic mass is 10.2. The lowest BCUT2D eigenvalue weighted by Gasteiger charge is -2.15. The molecule has 118 valence electrons. The van der Waals surface area contributed by atoms with Crippen LogP contribution in [0, 0.1) is 0 Å². The highest BCUT2D eigenvalue weighted by Gasteiger charge is 2.20. The zero-order valence-electron chi connectivity index (χ0n) is 12.5. The van der Waals surface area contributed by atoms with E-state index in [0.29, 0.717) is 16.3 Å². The SMILES string of the molecule is O=C(Nc1ccccc1Cl)c1cc(C(=O)N2CCCC2)ccn1. The predicted molar refractivity (Wildman–Crippen MR) is 88.8 cm³/mol. The van der Waals surface area contributed by atoms with E-state index in [-0.39, 0.29) is 11.6 Å². The number of carbonyl (C=O) groups excluding carboxylic acids is 2. The number of nitrogens with zero attached hydrogens (tertiary/aromatic N) is 2. The van der Waals surface area contributed by atoms with Crippen LogP contribution in [0.4, 0.5) is 5.69 Å². The number of para-hydroxylation sites is 1. The number of pyridine rings is 1. The number of halogens is 1. The monoisotopic (exact) mass is 329 g/mol. The van der Waals surface area contributed by atoms with Crippen molar-refractivity contribution in [1.82, 2.24) is 9.88 Å².